The number of ether oxygens (including phenoxy) is 1. The van der Waals surface area contributed by atoms with Crippen molar-refractivity contribution in [2.45, 2.75) is 17.7 Å². The highest BCUT2D eigenvalue weighted by atomic mass is 35.5. The zero-order valence-corrected chi connectivity index (χ0v) is 18.7. The molecule has 164 valence electrons. The van der Waals surface area contributed by atoms with Gasteiger partial charge in [0.1, 0.15) is 5.75 Å². The van der Waals surface area contributed by atoms with Crippen LogP contribution in [0.15, 0.2) is 77.8 Å². The average molecular weight is 470 g/mol. The van der Waals surface area contributed by atoms with E-state index in [1.54, 1.807) is 43.5 Å². The van der Waals surface area contributed by atoms with Gasteiger partial charge in [-0.1, -0.05) is 35.9 Å². The third-order valence-corrected chi connectivity index (χ3v) is 7.14. The molecule has 1 aromatic heterocycles. The van der Waals surface area contributed by atoms with Gasteiger partial charge in [-0.3, -0.25) is 4.79 Å². The van der Waals surface area contributed by atoms with Gasteiger partial charge in [-0.05, 0) is 65.6 Å². The second-order valence-electron chi connectivity index (χ2n) is 7.27. The minimum Gasteiger partial charge on any atom is -0.497 e. The van der Waals surface area contributed by atoms with Crippen molar-refractivity contribution in [1.82, 2.24) is 3.97 Å². The first-order valence-electron chi connectivity index (χ1n) is 9.81. The van der Waals surface area contributed by atoms with E-state index in [9.17, 15) is 13.2 Å². The Kier molecular flexibility index (Phi) is 5.95. The van der Waals surface area contributed by atoms with Crippen molar-refractivity contribution in [3.05, 3.63) is 83.5 Å². The highest BCUT2D eigenvalue weighted by Gasteiger charge is 2.22. The molecular formula is C24H20ClNO5S. The maximum absolute atomic E-state index is 13.6. The first-order valence-corrected chi connectivity index (χ1v) is 11.6. The van der Waals surface area contributed by atoms with Crippen LogP contribution in [0.4, 0.5) is 0 Å². The van der Waals surface area contributed by atoms with Crippen LogP contribution in [0.2, 0.25) is 5.02 Å². The fourth-order valence-electron chi connectivity index (χ4n) is 3.61. The van der Waals surface area contributed by atoms with E-state index in [-0.39, 0.29) is 17.7 Å². The molecule has 0 aliphatic rings. The molecule has 0 bridgehead atoms. The molecule has 0 fully saturated rings. The summed E-state index contributed by atoms with van der Waals surface area (Å²) < 4.78 is 33.5. The largest absolute Gasteiger partial charge is 0.497 e. The molecule has 8 heteroatoms. The fraction of sp³-hybridized carbons (Fsp3) is 0.125. The van der Waals surface area contributed by atoms with Gasteiger partial charge in [0.25, 0.3) is 10.0 Å². The summed E-state index contributed by atoms with van der Waals surface area (Å²) in [4.78, 5) is 11.2. The first kappa shape index (κ1) is 21.9. The van der Waals surface area contributed by atoms with E-state index >= 15 is 0 Å². The summed E-state index contributed by atoms with van der Waals surface area (Å²) >= 11 is 6.12. The number of halogens is 1. The van der Waals surface area contributed by atoms with Crippen molar-refractivity contribution in [1.29, 1.82) is 0 Å². The molecule has 4 rings (SSSR count). The van der Waals surface area contributed by atoms with Crippen molar-refractivity contribution >= 4 is 38.5 Å². The van der Waals surface area contributed by atoms with Crippen LogP contribution in [0.3, 0.4) is 0 Å². The normalized spacial score (nSPS) is 11.6. The Labute approximate surface area is 190 Å². The van der Waals surface area contributed by atoms with E-state index < -0.39 is 16.0 Å². The number of aryl methyl sites for hydroxylation is 1. The van der Waals surface area contributed by atoms with Crippen molar-refractivity contribution in [2.24, 2.45) is 0 Å². The van der Waals surface area contributed by atoms with E-state index in [0.29, 0.717) is 27.2 Å². The lowest BCUT2D eigenvalue weighted by atomic mass is 10.1. The zero-order chi connectivity index (χ0) is 22.9. The molecule has 1 heterocycles. The van der Waals surface area contributed by atoms with E-state index in [4.69, 9.17) is 21.4 Å². The number of rotatable bonds is 7. The number of aliphatic carboxylic acids is 1. The number of benzene rings is 3. The van der Waals surface area contributed by atoms with Crippen molar-refractivity contribution in [3.63, 3.8) is 0 Å². The van der Waals surface area contributed by atoms with Crippen LogP contribution in [0.25, 0.3) is 22.0 Å². The number of methoxy groups -OCH3 is 1. The molecule has 0 unspecified atom stereocenters. The summed E-state index contributed by atoms with van der Waals surface area (Å²) in [6, 6.07) is 19.0. The third-order valence-electron chi connectivity index (χ3n) is 5.24. The third kappa shape index (κ3) is 4.22. The second kappa shape index (κ2) is 8.68. The molecule has 4 aromatic rings. The van der Waals surface area contributed by atoms with Crippen LogP contribution in [0.1, 0.15) is 12.0 Å². The van der Waals surface area contributed by atoms with Crippen LogP contribution in [0, 0.1) is 0 Å². The highest BCUT2D eigenvalue weighted by Crippen LogP contribution is 2.31. The number of hydrogen-bond acceptors (Lipinski definition) is 4. The quantitative estimate of drug-likeness (QED) is 0.401. The summed E-state index contributed by atoms with van der Waals surface area (Å²) in [6.45, 7) is 0. The van der Waals surface area contributed by atoms with Crippen molar-refractivity contribution in [3.8, 4) is 16.9 Å². The Balaban J connectivity index is 1.80. The van der Waals surface area contributed by atoms with Crippen LogP contribution in [-0.2, 0) is 21.2 Å². The summed E-state index contributed by atoms with van der Waals surface area (Å²) in [5.74, 6) is -0.244. The topological polar surface area (TPSA) is 85.6 Å². The lowest BCUT2D eigenvalue weighted by Crippen LogP contribution is -2.12. The van der Waals surface area contributed by atoms with Crippen LogP contribution >= 0.6 is 11.6 Å². The number of fused-ring (bicyclic) bond motifs is 1. The molecule has 0 spiro atoms. The Morgan fingerprint density at radius 3 is 2.47 bits per heavy atom. The van der Waals surface area contributed by atoms with Crippen molar-refractivity contribution in [2.75, 3.05) is 7.11 Å². The van der Waals surface area contributed by atoms with Crippen LogP contribution < -0.4 is 4.74 Å². The molecule has 0 radical (unpaired) electrons. The van der Waals surface area contributed by atoms with Gasteiger partial charge in [-0.15, -0.1) is 0 Å². The second-order valence-corrected chi connectivity index (χ2v) is 9.52. The van der Waals surface area contributed by atoms with Gasteiger partial charge in [0.2, 0.25) is 0 Å². The number of hydrogen-bond donors (Lipinski definition) is 1. The number of nitrogens with zero attached hydrogens (tertiary/aromatic N) is 1. The minimum atomic E-state index is -3.94. The van der Waals surface area contributed by atoms with E-state index in [1.165, 1.54) is 10.2 Å². The van der Waals surface area contributed by atoms with Gasteiger partial charge in [0.15, 0.2) is 0 Å². The molecule has 0 saturated carbocycles. The van der Waals surface area contributed by atoms with Gasteiger partial charge in [-0.2, -0.15) is 0 Å². The number of carboxylic acid groups (broad SMARTS) is 1. The first-order chi connectivity index (χ1) is 15.3. The molecule has 0 aliphatic carbocycles. The maximum atomic E-state index is 13.6. The summed E-state index contributed by atoms with van der Waals surface area (Å²) in [5, 5.41) is 10.1. The Morgan fingerprint density at radius 2 is 1.78 bits per heavy atom. The van der Waals surface area contributed by atoms with E-state index in [2.05, 4.69) is 0 Å². The lowest BCUT2D eigenvalue weighted by molar-refractivity contribution is -0.136. The molecule has 0 saturated heterocycles. The Hall–Kier alpha value is -3.29. The van der Waals surface area contributed by atoms with Gasteiger partial charge < -0.3 is 9.84 Å². The Morgan fingerprint density at radius 1 is 1.03 bits per heavy atom. The SMILES string of the molecule is COc1ccc(-c2cccc(S(=O)(=O)n3cc(CCC(=O)O)c4cc(Cl)ccc43)c2)cc1. The van der Waals surface area contributed by atoms with Gasteiger partial charge >= 0.3 is 5.97 Å². The number of carboxylic acids is 1. The van der Waals surface area contributed by atoms with E-state index in [0.717, 1.165) is 11.1 Å². The molecule has 32 heavy (non-hydrogen) atoms. The summed E-state index contributed by atoms with van der Waals surface area (Å²) in [6.07, 6.45) is 1.57. The zero-order valence-electron chi connectivity index (χ0n) is 17.2. The predicted molar refractivity (Wildman–Crippen MR) is 124 cm³/mol. The summed E-state index contributed by atoms with van der Waals surface area (Å²) in [7, 11) is -2.35. The van der Waals surface area contributed by atoms with Crippen LogP contribution in [-0.4, -0.2) is 30.6 Å². The standard InChI is InChI=1S/C24H20ClNO5S/c1-31-20-9-5-16(6-10-20)17-3-2-4-21(13-17)32(29,30)26-15-18(7-12-24(27)28)22-14-19(25)8-11-23(22)26/h2-6,8-11,13-15H,7,12H2,1H3,(H,27,28). The predicted octanol–water partition coefficient (Wildman–Crippen LogP) is 5.22. The molecule has 3 aromatic carbocycles. The number of aromatic nitrogens is 1. The van der Waals surface area contributed by atoms with Crippen LogP contribution in [0.5, 0.6) is 5.75 Å². The van der Waals surface area contributed by atoms with Gasteiger partial charge in [0.05, 0.1) is 17.5 Å². The smallest absolute Gasteiger partial charge is 0.303 e. The highest BCUT2D eigenvalue weighted by molar-refractivity contribution is 7.90. The molecule has 6 nitrogen and oxygen atoms in total. The monoisotopic (exact) mass is 469 g/mol. The molecular weight excluding hydrogens is 450 g/mol. The average Bonchev–Trinajstić information content (AvgIpc) is 3.16. The lowest BCUT2D eigenvalue weighted by Gasteiger charge is -2.10. The Bertz CT molecular complexity index is 1410. The molecule has 1 N–H and O–H groups in total. The van der Waals surface area contributed by atoms with Crippen molar-refractivity contribution < 1.29 is 23.1 Å². The summed E-state index contributed by atoms with van der Waals surface area (Å²) in [5.41, 5.74) is 2.66. The minimum absolute atomic E-state index is 0.112. The maximum Gasteiger partial charge on any atom is 0.303 e. The molecule has 0 aliphatic heterocycles. The molecule has 0 atom stereocenters. The van der Waals surface area contributed by atoms with Gasteiger partial charge in [-0.25, -0.2) is 12.4 Å². The molecule has 0 amide bonds. The van der Waals surface area contributed by atoms with Gasteiger partial charge in [0, 0.05) is 23.0 Å². The number of carbonyl (C=O) groups is 1. The van der Waals surface area contributed by atoms with E-state index in [1.807, 2.05) is 30.3 Å². The fourth-order valence-corrected chi connectivity index (χ4v) is 5.22.